The molecule has 1 fully saturated rings. The summed E-state index contributed by atoms with van der Waals surface area (Å²) >= 11 is 3.72. The summed E-state index contributed by atoms with van der Waals surface area (Å²) in [6, 6.07) is 8.65. The van der Waals surface area contributed by atoms with Crippen LogP contribution in [0.3, 0.4) is 0 Å². The van der Waals surface area contributed by atoms with Crippen molar-refractivity contribution >= 4 is 15.9 Å². The molecule has 0 atom stereocenters. The molecule has 2 nitrogen and oxygen atoms in total. The van der Waals surface area contributed by atoms with Crippen molar-refractivity contribution in [2.45, 2.75) is 59.4 Å². The lowest BCUT2D eigenvalue weighted by Crippen LogP contribution is -2.34. The number of rotatable bonds is 7. The van der Waals surface area contributed by atoms with Crippen molar-refractivity contribution in [1.82, 2.24) is 4.90 Å². The molecular weight excluding hydrogens is 360 g/mol. The highest BCUT2D eigenvalue weighted by Crippen LogP contribution is 2.30. The van der Waals surface area contributed by atoms with Crippen LogP contribution in [0, 0.1) is 17.3 Å². The van der Waals surface area contributed by atoms with Gasteiger partial charge in [0.2, 0.25) is 0 Å². The number of hydrogen-bond donors (Lipinski definition) is 1. The highest BCUT2D eigenvalue weighted by Gasteiger charge is 2.23. The normalized spacial score (nSPS) is 22.1. The van der Waals surface area contributed by atoms with E-state index in [1.165, 1.54) is 55.2 Å². The Morgan fingerprint density at radius 1 is 1.08 bits per heavy atom. The van der Waals surface area contributed by atoms with Crippen molar-refractivity contribution in [1.29, 1.82) is 0 Å². The molecule has 0 amide bonds. The Hall–Kier alpha value is -0.380. The SMILES string of the molecule is CC(C)(C)CCN(Cc1ccccc1Br)CC1CCC(CN)CC1. The summed E-state index contributed by atoms with van der Waals surface area (Å²) in [5.74, 6) is 1.61. The van der Waals surface area contributed by atoms with Crippen molar-refractivity contribution in [2.75, 3.05) is 19.6 Å². The lowest BCUT2D eigenvalue weighted by Gasteiger charge is -2.34. The summed E-state index contributed by atoms with van der Waals surface area (Å²) in [5, 5.41) is 0. The van der Waals surface area contributed by atoms with Crippen LogP contribution in [0.25, 0.3) is 0 Å². The summed E-state index contributed by atoms with van der Waals surface area (Å²) in [7, 11) is 0. The Kier molecular flexibility index (Phi) is 7.77. The van der Waals surface area contributed by atoms with Gasteiger partial charge in [-0.1, -0.05) is 54.9 Å². The molecular formula is C21H35BrN2. The van der Waals surface area contributed by atoms with Crippen LogP contribution in [-0.4, -0.2) is 24.5 Å². The molecule has 0 heterocycles. The van der Waals surface area contributed by atoms with Gasteiger partial charge in [0.15, 0.2) is 0 Å². The van der Waals surface area contributed by atoms with Crippen LogP contribution in [0.15, 0.2) is 28.7 Å². The molecule has 0 spiro atoms. The Morgan fingerprint density at radius 3 is 2.29 bits per heavy atom. The first kappa shape index (κ1) is 19.9. The smallest absolute Gasteiger partial charge is 0.0245 e. The Labute approximate surface area is 157 Å². The molecule has 136 valence electrons. The molecule has 1 aliphatic rings. The minimum Gasteiger partial charge on any atom is -0.330 e. The standard InChI is InChI=1S/C21H35BrN2/c1-21(2,3)12-13-24(16-19-6-4-5-7-20(19)22)15-18-10-8-17(14-23)9-11-18/h4-7,17-18H,8-16,23H2,1-3H3. The molecule has 2 N–H and O–H groups in total. The molecule has 1 saturated carbocycles. The van der Waals surface area contributed by atoms with Gasteiger partial charge in [0.05, 0.1) is 0 Å². The monoisotopic (exact) mass is 394 g/mol. The second kappa shape index (κ2) is 9.35. The average Bonchev–Trinajstić information content (AvgIpc) is 2.54. The zero-order chi connectivity index (χ0) is 17.6. The van der Waals surface area contributed by atoms with Crippen LogP contribution >= 0.6 is 15.9 Å². The van der Waals surface area contributed by atoms with Gasteiger partial charge in [-0.25, -0.2) is 0 Å². The van der Waals surface area contributed by atoms with E-state index < -0.39 is 0 Å². The zero-order valence-electron chi connectivity index (χ0n) is 15.7. The molecule has 1 aromatic rings. The van der Waals surface area contributed by atoms with E-state index in [2.05, 4.69) is 65.9 Å². The molecule has 0 bridgehead atoms. The fraction of sp³-hybridized carbons (Fsp3) is 0.714. The highest BCUT2D eigenvalue weighted by atomic mass is 79.9. The maximum Gasteiger partial charge on any atom is 0.0245 e. The van der Waals surface area contributed by atoms with Gasteiger partial charge >= 0.3 is 0 Å². The van der Waals surface area contributed by atoms with Crippen molar-refractivity contribution in [3.63, 3.8) is 0 Å². The molecule has 1 aliphatic carbocycles. The quantitative estimate of drug-likeness (QED) is 0.665. The second-order valence-corrected chi connectivity index (χ2v) is 9.61. The van der Waals surface area contributed by atoms with Gasteiger partial charge < -0.3 is 5.73 Å². The van der Waals surface area contributed by atoms with Crippen LogP contribution in [0.1, 0.15) is 58.4 Å². The topological polar surface area (TPSA) is 29.3 Å². The fourth-order valence-corrected chi connectivity index (χ4v) is 4.02. The molecule has 0 saturated heterocycles. The summed E-state index contributed by atoms with van der Waals surface area (Å²) in [5.41, 5.74) is 7.65. The van der Waals surface area contributed by atoms with Gasteiger partial charge in [0.1, 0.15) is 0 Å². The summed E-state index contributed by atoms with van der Waals surface area (Å²) in [4.78, 5) is 2.68. The first-order valence-corrected chi connectivity index (χ1v) is 10.3. The van der Waals surface area contributed by atoms with E-state index in [1.54, 1.807) is 0 Å². The van der Waals surface area contributed by atoms with Crippen molar-refractivity contribution in [3.8, 4) is 0 Å². The fourth-order valence-electron chi connectivity index (χ4n) is 3.61. The van der Waals surface area contributed by atoms with E-state index in [9.17, 15) is 0 Å². The number of nitrogens with zero attached hydrogens (tertiary/aromatic N) is 1. The minimum absolute atomic E-state index is 0.392. The molecule has 24 heavy (non-hydrogen) atoms. The van der Waals surface area contributed by atoms with Crippen LogP contribution < -0.4 is 5.73 Å². The summed E-state index contributed by atoms with van der Waals surface area (Å²) in [6.45, 7) is 11.4. The van der Waals surface area contributed by atoms with Crippen LogP contribution in [-0.2, 0) is 6.54 Å². The third kappa shape index (κ3) is 6.85. The molecule has 3 heteroatoms. The van der Waals surface area contributed by atoms with E-state index >= 15 is 0 Å². The van der Waals surface area contributed by atoms with E-state index in [1.807, 2.05) is 0 Å². The van der Waals surface area contributed by atoms with Crippen LogP contribution in [0.2, 0.25) is 0 Å². The van der Waals surface area contributed by atoms with E-state index in [0.29, 0.717) is 5.41 Å². The maximum atomic E-state index is 5.85. The number of benzene rings is 1. The van der Waals surface area contributed by atoms with Gasteiger partial charge in [-0.05, 0) is 74.1 Å². The lowest BCUT2D eigenvalue weighted by atomic mass is 9.81. The van der Waals surface area contributed by atoms with Gasteiger partial charge in [-0.3, -0.25) is 4.90 Å². The van der Waals surface area contributed by atoms with Gasteiger partial charge in [-0.15, -0.1) is 0 Å². The van der Waals surface area contributed by atoms with E-state index in [0.717, 1.165) is 24.9 Å². The number of nitrogens with two attached hydrogens (primary N) is 1. The summed E-state index contributed by atoms with van der Waals surface area (Å²) in [6.07, 6.45) is 6.59. The third-order valence-corrected chi connectivity index (χ3v) is 6.12. The third-order valence-electron chi connectivity index (χ3n) is 5.35. The van der Waals surface area contributed by atoms with Crippen molar-refractivity contribution in [3.05, 3.63) is 34.3 Å². The molecule has 0 unspecified atom stereocenters. The van der Waals surface area contributed by atoms with E-state index in [4.69, 9.17) is 5.73 Å². The van der Waals surface area contributed by atoms with E-state index in [-0.39, 0.29) is 0 Å². The second-order valence-electron chi connectivity index (χ2n) is 8.76. The lowest BCUT2D eigenvalue weighted by molar-refractivity contribution is 0.159. The maximum absolute atomic E-state index is 5.85. The Morgan fingerprint density at radius 2 is 1.71 bits per heavy atom. The number of halogens is 1. The minimum atomic E-state index is 0.392. The van der Waals surface area contributed by atoms with Gasteiger partial charge in [-0.2, -0.15) is 0 Å². The number of hydrogen-bond acceptors (Lipinski definition) is 2. The highest BCUT2D eigenvalue weighted by molar-refractivity contribution is 9.10. The predicted octanol–water partition coefficient (Wildman–Crippen LogP) is 5.45. The van der Waals surface area contributed by atoms with Crippen molar-refractivity contribution < 1.29 is 0 Å². The first-order valence-electron chi connectivity index (χ1n) is 9.53. The zero-order valence-corrected chi connectivity index (χ0v) is 17.3. The summed E-state index contributed by atoms with van der Waals surface area (Å²) < 4.78 is 1.23. The van der Waals surface area contributed by atoms with Gasteiger partial charge in [0, 0.05) is 17.6 Å². The molecule has 0 radical (unpaired) electrons. The molecule has 2 rings (SSSR count). The van der Waals surface area contributed by atoms with Crippen LogP contribution in [0.5, 0.6) is 0 Å². The first-order chi connectivity index (χ1) is 11.4. The Bertz CT molecular complexity index is 487. The molecule has 0 aliphatic heterocycles. The Balaban J connectivity index is 1.96. The van der Waals surface area contributed by atoms with Crippen LogP contribution in [0.4, 0.5) is 0 Å². The predicted molar refractivity (Wildman–Crippen MR) is 108 cm³/mol. The molecule has 1 aromatic carbocycles. The van der Waals surface area contributed by atoms with Crippen molar-refractivity contribution in [2.24, 2.45) is 23.0 Å². The van der Waals surface area contributed by atoms with Gasteiger partial charge in [0.25, 0.3) is 0 Å². The average molecular weight is 395 g/mol. The largest absolute Gasteiger partial charge is 0.330 e. The molecule has 0 aromatic heterocycles.